The smallest absolute Gasteiger partial charge is 0.411 e. The van der Waals surface area contributed by atoms with Gasteiger partial charge >= 0.3 is 6.09 Å². The zero-order valence-electron chi connectivity index (χ0n) is 9.29. The van der Waals surface area contributed by atoms with Crippen LogP contribution in [0, 0.1) is 11.7 Å². The van der Waals surface area contributed by atoms with Crippen molar-refractivity contribution in [2.24, 2.45) is 5.92 Å². The first-order valence-corrected chi connectivity index (χ1v) is 4.98. The first kappa shape index (κ1) is 12.3. The lowest BCUT2D eigenvalue weighted by atomic mass is 10.2. The number of nitrogens with one attached hydrogen (secondary N) is 1. The number of hydrogen-bond acceptors (Lipinski definition) is 3. The van der Waals surface area contributed by atoms with Gasteiger partial charge in [0.15, 0.2) is 0 Å². The van der Waals surface area contributed by atoms with Crippen LogP contribution in [-0.4, -0.2) is 12.7 Å². The van der Waals surface area contributed by atoms with Crippen molar-refractivity contribution in [1.29, 1.82) is 0 Å². The molecule has 5 heteroatoms. The fourth-order valence-electron chi connectivity index (χ4n) is 1.00. The molecule has 0 saturated heterocycles. The Labute approximate surface area is 93.6 Å². The highest BCUT2D eigenvalue weighted by Crippen LogP contribution is 2.15. The number of amides is 1. The highest BCUT2D eigenvalue weighted by atomic mass is 19.1. The van der Waals surface area contributed by atoms with Gasteiger partial charge in [-0.2, -0.15) is 0 Å². The van der Waals surface area contributed by atoms with Gasteiger partial charge in [-0.15, -0.1) is 0 Å². The summed E-state index contributed by atoms with van der Waals surface area (Å²) in [5, 5.41) is 2.41. The van der Waals surface area contributed by atoms with E-state index < -0.39 is 11.9 Å². The first-order chi connectivity index (χ1) is 7.49. The van der Waals surface area contributed by atoms with Crippen LogP contribution in [0.15, 0.2) is 18.2 Å². The van der Waals surface area contributed by atoms with Gasteiger partial charge in [0.25, 0.3) is 0 Å². The predicted octanol–water partition coefficient (Wildman–Crippen LogP) is 2.61. The fourth-order valence-corrected chi connectivity index (χ4v) is 1.00. The van der Waals surface area contributed by atoms with E-state index in [-0.39, 0.29) is 11.6 Å². The highest BCUT2D eigenvalue weighted by molar-refractivity contribution is 5.84. The Morgan fingerprint density at radius 2 is 2.25 bits per heavy atom. The number of anilines is 2. The van der Waals surface area contributed by atoms with Crippen molar-refractivity contribution in [2.45, 2.75) is 13.8 Å². The number of hydrogen-bond donors (Lipinski definition) is 2. The second-order valence-corrected chi connectivity index (χ2v) is 3.85. The minimum Gasteiger partial charge on any atom is -0.449 e. The van der Waals surface area contributed by atoms with Crippen LogP contribution >= 0.6 is 0 Å². The average Bonchev–Trinajstić information content (AvgIpc) is 2.21. The number of carbonyl (C=O) groups is 1. The number of carbonyl (C=O) groups excluding carboxylic acids is 1. The predicted molar refractivity (Wildman–Crippen MR) is 60.6 cm³/mol. The van der Waals surface area contributed by atoms with Gasteiger partial charge in [-0.25, -0.2) is 9.18 Å². The Morgan fingerprint density at radius 1 is 1.56 bits per heavy atom. The van der Waals surface area contributed by atoms with Crippen molar-refractivity contribution in [3.63, 3.8) is 0 Å². The molecule has 0 unspecified atom stereocenters. The second kappa shape index (κ2) is 5.34. The molecule has 0 fully saturated rings. The third kappa shape index (κ3) is 3.76. The summed E-state index contributed by atoms with van der Waals surface area (Å²) in [6, 6.07) is 4.04. The lowest BCUT2D eigenvalue weighted by Crippen LogP contribution is -2.16. The molecule has 0 bridgehead atoms. The van der Waals surface area contributed by atoms with E-state index in [4.69, 9.17) is 10.5 Å². The molecule has 4 nitrogen and oxygen atoms in total. The minimum absolute atomic E-state index is 0.0427. The molecule has 0 saturated carbocycles. The topological polar surface area (TPSA) is 64.3 Å². The zero-order chi connectivity index (χ0) is 12.1. The van der Waals surface area contributed by atoms with Crippen molar-refractivity contribution in [3.8, 4) is 0 Å². The molecule has 1 amide bonds. The van der Waals surface area contributed by atoms with Crippen LogP contribution in [0.4, 0.5) is 20.6 Å². The Hall–Kier alpha value is -1.78. The van der Waals surface area contributed by atoms with E-state index in [0.717, 1.165) is 6.07 Å². The Kier molecular flexibility index (Phi) is 4.10. The first-order valence-electron chi connectivity index (χ1n) is 4.98. The van der Waals surface area contributed by atoms with E-state index in [1.807, 2.05) is 13.8 Å². The molecular formula is C11H15FN2O2. The van der Waals surface area contributed by atoms with Gasteiger partial charge in [0.1, 0.15) is 5.82 Å². The van der Waals surface area contributed by atoms with E-state index in [1.165, 1.54) is 12.1 Å². The molecular weight excluding hydrogens is 211 g/mol. The Balaban J connectivity index is 2.53. The van der Waals surface area contributed by atoms with Gasteiger partial charge < -0.3 is 10.5 Å². The number of halogens is 1. The van der Waals surface area contributed by atoms with Gasteiger partial charge in [0.05, 0.1) is 12.3 Å². The quantitative estimate of drug-likeness (QED) is 0.778. The molecule has 0 spiro atoms. The van der Waals surface area contributed by atoms with Gasteiger partial charge in [-0.1, -0.05) is 13.8 Å². The summed E-state index contributed by atoms with van der Waals surface area (Å²) in [4.78, 5) is 11.2. The molecule has 0 aliphatic carbocycles. The summed E-state index contributed by atoms with van der Waals surface area (Å²) < 4.78 is 17.9. The minimum atomic E-state index is -0.599. The van der Waals surface area contributed by atoms with Crippen molar-refractivity contribution in [2.75, 3.05) is 17.7 Å². The maximum Gasteiger partial charge on any atom is 0.411 e. The van der Waals surface area contributed by atoms with Crippen LogP contribution in [0.1, 0.15) is 13.8 Å². The molecule has 88 valence electrons. The van der Waals surface area contributed by atoms with Crippen LogP contribution in [0.5, 0.6) is 0 Å². The number of ether oxygens (including phenoxy) is 1. The lowest BCUT2D eigenvalue weighted by molar-refractivity contribution is 0.147. The molecule has 0 aromatic heterocycles. The summed E-state index contributed by atoms with van der Waals surface area (Å²) in [6.07, 6.45) is -0.599. The molecule has 0 aliphatic heterocycles. The maximum absolute atomic E-state index is 13.0. The molecule has 1 aromatic rings. The summed E-state index contributed by atoms with van der Waals surface area (Å²) in [7, 11) is 0. The molecule has 1 rings (SSSR count). The molecule has 0 radical (unpaired) electrons. The zero-order valence-corrected chi connectivity index (χ0v) is 9.29. The number of rotatable bonds is 3. The normalized spacial score (nSPS) is 10.2. The SMILES string of the molecule is CC(C)COC(=O)Nc1ccc(N)c(F)c1. The monoisotopic (exact) mass is 226 g/mol. The van der Waals surface area contributed by atoms with Crippen molar-refractivity contribution in [1.82, 2.24) is 0 Å². The van der Waals surface area contributed by atoms with Crippen molar-refractivity contribution < 1.29 is 13.9 Å². The van der Waals surface area contributed by atoms with Crippen LogP contribution in [0.3, 0.4) is 0 Å². The van der Waals surface area contributed by atoms with Gasteiger partial charge in [-0.05, 0) is 24.1 Å². The number of benzene rings is 1. The van der Waals surface area contributed by atoms with E-state index in [0.29, 0.717) is 12.3 Å². The Bertz CT molecular complexity index is 380. The molecule has 1 aromatic carbocycles. The fraction of sp³-hybridized carbons (Fsp3) is 0.364. The van der Waals surface area contributed by atoms with Crippen LogP contribution < -0.4 is 11.1 Å². The van der Waals surface area contributed by atoms with E-state index in [1.54, 1.807) is 0 Å². The summed E-state index contributed by atoms with van der Waals surface area (Å²) in [5.41, 5.74) is 5.66. The third-order valence-corrected chi connectivity index (χ3v) is 1.79. The van der Waals surface area contributed by atoms with Crippen molar-refractivity contribution >= 4 is 17.5 Å². The van der Waals surface area contributed by atoms with Crippen LogP contribution in [0.2, 0.25) is 0 Å². The molecule has 0 aliphatic rings. The molecule has 16 heavy (non-hydrogen) atoms. The summed E-state index contributed by atoms with van der Waals surface area (Å²) in [6.45, 7) is 4.18. The van der Waals surface area contributed by atoms with Crippen LogP contribution in [-0.2, 0) is 4.74 Å². The van der Waals surface area contributed by atoms with E-state index in [9.17, 15) is 9.18 Å². The van der Waals surface area contributed by atoms with E-state index in [2.05, 4.69) is 5.32 Å². The number of nitrogens with two attached hydrogens (primary N) is 1. The third-order valence-electron chi connectivity index (χ3n) is 1.79. The molecule has 0 atom stereocenters. The standard InChI is InChI=1S/C11H15FN2O2/c1-7(2)6-16-11(15)14-8-3-4-10(13)9(12)5-8/h3-5,7H,6,13H2,1-2H3,(H,14,15). The van der Waals surface area contributed by atoms with Crippen LogP contribution in [0.25, 0.3) is 0 Å². The van der Waals surface area contributed by atoms with E-state index >= 15 is 0 Å². The van der Waals surface area contributed by atoms with Crippen molar-refractivity contribution in [3.05, 3.63) is 24.0 Å². The molecule has 3 N–H and O–H groups in total. The largest absolute Gasteiger partial charge is 0.449 e. The molecule has 0 heterocycles. The number of nitrogen functional groups attached to an aromatic ring is 1. The lowest BCUT2D eigenvalue weighted by Gasteiger charge is -2.09. The van der Waals surface area contributed by atoms with Gasteiger partial charge in [-0.3, -0.25) is 5.32 Å². The average molecular weight is 226 g/mol. The Morgan fingerprint density at radius 3 is 2.81 bits per heavy atom. The summed E-state index contributed by atoms with van der Waals surface area (Å²) in [5.74, 6) is -0.310. The maximum atomic E-state index is 13.0. The van der Waals surface area contributed by atoms with Gasteiger partial charge in [0, 0.05) is 5.69 Å². The highest BCUT2D eigenvalue weighted by Gasteiger charge is 2.06. The second-order valence-electron chi connectivity index (χ2n) is 3.85. The summed E-state index contributed by atoms with van der Waals surface area (Å²) >= 11 is 0. The van der Waals surface area contributed by atoms with Gasteiger partial charge in [0.2, 0.25) is 0 Å².